The maximum atomic E-state index is 13.9. The fraction of sp³-hybridized carbons (Fsp3) is 0.429. The first-order chi connectivity index (χ1) is 14.5. The third-order valence-electron chi connectivity index (χ3n) is 5.49. The first kappa shape index (κ1) is 20.2. The Kier molecular flexibility index (Phi) is 5.87. The van der Waals surface area contributed by atoms with Crippen LogP contribution in [0.5, 0.6) is 0 Å². The Bertz CT molecular complexity index is 905. The Labute approximate surface area is 173 Å². The summed E-state index contributed by atoms with van der Waals surface area (Å²) >= 11 is 0. The van der Waals surface area contributed by atoms with Gasteiger partial charge in [0.15, 0.2) is 11.5 Å². The molecule has 0 bridgehead atoms. The average Bonchev–Trinajstić information content (AvgIpc) is 3.58. The first-order valence-electron chi connectivity index (χ1n) is 10.1. The van der Waals surface area contributed by atoms with Crippen LogP contribution in [-0.4, -0.2) is 59.6 Å². The number of anilines is 1. The molecular weight excluding hydrogens is 392 g/mol. The summed E-state index contributed by atoms with van der Waals surface area (Å²) in [7, 11) is 0. The number of rotatable bonds is 6. The molecule has 1 aliphatic carbocycles. The lowest BCUT2D eigenvalue weighted by Gasteiger charge is -2.35. The van der Waals surface area contributed by atoms with Crippen LogP contribution in [-0.2, 0) is 0 Å². The summed E-state index contributed by atoms with van der Waals surface area (Å²) in [5.74, 6) is -1.28. The van der Waals surface area contributed by atoms with E-state index in [9.17, 15) is 18.4 Å². The van der Waals surface area contributed by atoms with Crippen molar-refractivity contribution in [3.05, 3.63) is 53.2 Å². The van der Waals surface area contributed by atoms with Crippen molar-refractivity contribution in [2.75, 3.05) is 37.6 Å². The molecule has 0 atom stereocenters. The van der Waals surface area contributed by atoms with Gasteiger partial charge in [-0.15, -0.1) is 10.2 Å². The van der Waals surface area contributed by atoms with Crippen molar-refractivity contribution in [2.24, 2.45) is 5.92 Å². The standard InChI is InChI=1S/C21H23F2N5O2/c22-15-2-1-3-16(23)19(15)21(30)28-12-10-27(11-13-28)18-7-6-17(25-26-18)20(29)24-9-8-14-4-5-14/h1-3,6-7,14H,4-5,8-13H2,(H,24,29). The Morgan fingerprint density at radius 3 is 2.30 bits per heavy atom. The van der Waals surface area contributed by atoms with E-state index in [4.69, 9.17) is 0 Å². The lowest BCUT2D eigenvalue weighted by Crippen LogP contribution is -2.49. The molecule has 1 aromatic carbocycles. The van der Waals surface area contributed by atoms with E-state index in [1.807, 2.05) is 4.90 Å². The minimum absolute atomic E-state index is 0.239. The molecular formula is C21H23F2N5O2. The molecule has 2 aromatic rings. The molecule has 30 heavy (non-hydrogen) atoms. The van der Waals surface area contributed by atoms with Crippen molar-refractivity contribution >= 4 is 17.6 Å². The van der Waals surface area contributed by atoms with E-state index >= 15 is 0 Å². The fourth-order valence-corrected chi connectivity index (χ4v) is 3.50. The molecule has 1 saturated carbocycles. The molecule has 1 aromatic heterocycles. The van der Waals surface area contributed by atoms with Crippen molar-refractivity contribution in [2.45, 2.75) is 19.3 Å². The minimum atomic E-state index is -0.862. The number of carbonyl (C=O) groups excluding carboxylic acids is 2. The second kappa shape index (κ2) is 8.73. The zero-order valence-corrected chi connectivity index (χ0v) is 16.5. The number of carbonyl (C=O) groups is 2. The second-order valence-electron chi connectivity index (χ2n) is 7.64. The van der Waals surface area contributed by atoms with Crippen molar-refractivity contribution in [3.8, 4) is 0 Å². The highest BCUT2D eigenvalue weighted by Crippen LogP contribution is 2.31. The number of aromatic nitrogens is 2. The average molecular weight is 415 g/mol. The molecule has 0 spiro atoms. The molecule has 1 N–H and O–H groups in total. The molecule has 0 radical (unpaired) electrons. The normalized spacial score (nSPS) is 16.5. The second-order valence-corrected chi connectivity index (χ2v) is 7.64. The summed E-state index contributed by atoms with van der Waals surface area (Å²) in [4.78, 5) is 27.9. The summed E-state index contributed by atoms with van der Waals surface area (Å²) in [5.41, 5.74) is -0.263. The van der Waals surface area contributed by atoms with Gasteiger partial charge in [0.25, 0.3) is 11.8 Å². The predicted octanol–water partition coefficient (Wildman–Crippen LogP) is 2.25. The summed E-state index contributed by atoms with van der Waals surface area (Å²) < 4.78 is 27.7. The number of hydrogen-bond donors (Lipinski definition) is 1. The number of piperazine rings is 1. The Morgan fingerprint density at radius 1 is 1.00 bits per heavy atom. The number of nitrogens with zero attached hydrogens (tertiary/aromatic N) is 4. The number of nitrogens with one attached hydrogen (secondary N) is 1. The fourth-order valence-electron chi connectivity index (χ4n) is 3.50. The Hall–Kier alpha value is -3.10. The van der Waals surface area contributed by atoms with Gasteiger partial charge in [-0.2, -0.15) is 0 Å². The third kappa shape index (κ3) is 4.55. The van der Waals surface area contributed by atoms with Gasteiger partial charge in [0.2, 0.25) is 0 Å². The zero-order chi connectivity index (χ0) is 21.1. The number of halogens is 2. The van der Waals surface area contributed by atoms with E-state index in [-0.39, 0.29) is 11.6 Å². The van der Waals surface area contributed by atoms with Crippen LogP contribution < -0.4 is 10.2 Å². The van der Waals surface area contributed by atoms with Crippen LogP contribution in [0.25, 0.3) is 0 Å². The zero-order valence-electron chi connectivity index (χ0n) is 16.5. The first-order valence-corrected chi connectivity index (χ1v) is 10.1. The molecule has 2 fully saturated rings. The van der Waals surface area contributed by atoms with Crippen LogP contribution in [0.2, 0.25) is 0 Å². The molecule has 158 valence electrons. The van der Waals surface area contributed by atoms with Crippen molar-refractivity contribution in [3.63, 3.8) is 0 Å². The highest BCUT2D eigenvalue weighted by atomic mass is 19.1. The van der Waals surface area contributed by atoms with E-state index in [1.54, 1.807) is 12.1 Å². The largest absolute Gasteiger partial charge is 0.352 e. The van der Waals surface area contributed by atoms with Crippen LogP contribution in [0.4, 0.5) is 14.6 Å². The molecule has 4 rings (SSSR count). The molecule has 2 heterocycles. The molecule has 2 amide bonds. The predicted molar refractivity (Wildman–Crippen MR) is 106 cm³/mol. The number of benzene rings is 1. The Morgan fingerprint density at radius 2 is 1.70 bits per heavy atom. The summed E-state index contributed by atoms with van der Waals surface area (Å²) in [6.45, 7) is 2.15. The number of hydrogen-bond acceptors (Lipinski definition) is 5. The summed E-state index contributed by atoms with van der Waals surface area (Å²) in [6.07, 6.45) is 3.49. The van der Waals surface area contributed by atoms with Gasteiger partial charge in [-0.25, -0.2) is 8.78 Å². The van der Waals surface area contributed by atoms with E-state index in [2.05, 4.69) is 15.5 Å². The van der Waals surface area contributed by atoms with Crippen molar-refractivity contribution < 1.29 is 18.4 Å². The lowest BCUT2D eigenvalue weighted by molar-refractivity contribution is 0.0736. The lowest BCUT2D eigenvalue weighted by atomic mass is 10.1. The highest BCUT2D eigenvalue weighted by molar-refractivity contribution is 5.95. The van der Waals surface area contributed by atoms with Crippen LogP contribution in [0.3, 0.4) is 0 Å². The molecule has 0 unspecified atom stereocenters. The van der Waals surface area contributed by atoms with Crippen LogP contribution in [0.15, 0.2) is 30.3 Å². The van der Waals surface area contributed by atoms with Crippen molar-refractivity contribution in [1.29, 1.82) is 0 Å². The van der Waals surface area contributed by atoms with Gasteiger partial charge in [0, 0.05) is 32.7 Å². The van der Waals surface area contributed by atoms with E-state index in [0.29, 0.717) is 38.5 Å². The third-order valence-corrected chi connectivity index (χ3v) is 5.49. The minimum Gasteiger partial charge on any atom is -0.352 e. The highest BCUT2D eigenvalue weighted by Gasteiger charge is 2.27. The molecule has 9 heteroatoms. The van der Waals surface area contributed by atoms with Gasteiger partial charge >= 0.3 is 0 Å². The van der Waals surface area contributed by atoms with Crippen LogP contribution in [0, 0.1) is 17.6 Å². The van der Waals surface area contributed by atoms with Gasteiger partial charge in [0.1, 0.15) is 17.2 Å². The van der Waals surface area contributed by atoms with Crippen LogP contribution in [0.1, 0.15) is 40.1 Å². The maximum absolute atomic E-state index is 13.9. The monoisotopic (exact) mass is 415 g/mol. The van der Waals surface area contributed by atoms with Gasteiger partial charge in [-0.05, 0) is 36.6 Å². The molecule has 1 saturated heterocycles. The topological polar surface area (TPSA) is 78.4 Å². The van der Waals surface area contributed by atoms with Gasteiger partial charge in [0.05, 0.1) is 0 Å². The molecule has 1 aliphatic heterocycles. The van der Waals surface area contributed by atoms with Gasteiger partial charge in [-0.3, -0.25) is 9.59 Å². The Balaban J connectivity index is 1.31. The van der Waals surface area contributed by atoms with Gasteiger partial charge < -0.3 is 15.1 Å². The molecule has 7 nitrogen and oxygen atoms in total. The summed E-state index contributed by atoms with van der Waals surface area (Å²) in [6, 6.07) is 6.73. The number of amides is 2. The maximum Gasteiger partial charge on any atom is 0.271 e. The van der Waals surface area contributed by atoms with E-state index in [1.165, 1.54) is 23.8 Å². The van der Waals surface area contributed by atoms with E-state index in [0.717, 1.165) is 24.5 Å². The SMILES string of the molecule is O=C(NCCC1CC1)c1ccc(N2CCN(C(=O)c3c(F)cccc3F)CC2)nn1. The smallest absolute Gasteiger partial charge is 0.271 e. The van der Waals surface area contributed by atoms with Crippen LogP contribution >= 0.6 is 0 Å². The summed E-state index contributed by atoms with van der Waals surface area (Å²) in [5, 5.41) is 11.0. The van der Waals surface area contributed by atoms with Gasteiger partial charge in [-0.1, -0.05) is 18.9 Å². The molecule has 2 aliphatic rings. The quantitative estimate of drug-likeness (QED) is 0.783. The van der Waals surface area contributed by atoms with Crippen molar-refractivity contribution in [1.82, 2.24) is 20.4 Å². The van der Waals surface area contributed by atoms with E-state index < -0.39 is 23.1 Å².